The lowest BCUT2D eigenvalue weighted by Crippen LogP contribution is -2.37. The van der Waals surface area contributed by atoms with E-state index in [4.69, 9.17) is 10.4 Å². The number of nitriles is 1. The number of nitrogens with zero attached hydrogens (tertiary/aromatic N) is 1. The minimum absolute atomic E-state index is 0.0374. The van der Waals surface area contributed by atoms with Gasteiger partial charge in [0.1, 0.15) is 12.3 Å². The summed E-state index contributed by atoms with van der Waals surface area (Å²) in [5, 5.41) is 31.3. The van der Waals surface area contributed by atoms with Crippen molar-refractivity contribution in [2.75, 3.05) is 13.1 Å². The highest BCUT2D eigenvalue weighted by molar-refractivity contribution is 5.85. The molecular formula is C15H17N3O5. The molecule has 23 heavy (non-hydrogen) atoms. The van der Waals surface area contributed by atoms with Crippen LogP contribution in [0.15, 0.2) is 24.3 Å². The van der Waals surface area contributed by atoms with Crippen molar-refractivity contribution in [3.05, 3.63) is 29.8 Å². The minimum atomic E-state index is -1.08. The Balaban J connectivity index is 2.73. The number of aliphatic carboxylic acids is 1. The van der Waals surface area contributed by atoms with E-state index in [0.717, 1.165) is 0 Å². The van der Waals surface area contributed by atoms with Gasteiger partial charge in [0.2, 0.25) is 11.8 Å². The number of phenolic OH excluding ortho intramolecular Hbond substituents is 1. The molecule has 0 aliphatic carbocycles. The quantitative estimate of drug-likeness (QED) is 0.501. The smallest absolute Gasteiger partial charge is 0.303 e. The number of carbonyl (C=O) groups excluding carboxylic acids is 2. The van der Waals surface area contributed by atoms with Crippen molar-refractivity contribution in [3.8, 4) is 11.8 Å². The van der Waals surface area contributed by atoms with Crippen molar-refractivity contribution < 1.29 is 24.6 Å². The normalized spacial score (nSPS) is 11.1. The number of phenols is 1. The van der Waals surface area contributed by atoms with Crippen molar-refractivity contribution in [1.29, 1.82) is 5.26 Å². The molecule has 8 nitrogen and oxygen atoms in total. The number of amides is 2. The van der Waals surface area contributed by atoms with Gasteiger partial charge >= 0.3 is 5.97 Å². The lowest BCUT2D eigenvalue weighted by molar-refractivity contribution is -0.139. The number of rotatable bonds is 8. The summed E-state index contributed by atoms with van der Waals surface area (Å²) in [6, 6.07) is 7.68. The highest BCUT2D eigenvalue weighted by Gasteiger charge is 2.21. The lowest BCUT2D eigenvalue weighted by atomic mass is 9.97. The van der Waals surface area contributed by atoms with Gasteiger partial charge in [-0.1, -0.05) is 12.1 Å². The average molecular weight is 319 g/mol. The number of carboxylic acids is 1. The van der Waals surface area contributed by atoms with Gasteiger partial charge in [0.05, 0.1) is 18.4 Å². The number of benzene rings is 1. The Morgan fingerprint density at radius 2 is 1.78 bits per heavy atom. The lowest BCUT2D eigenvalue weighted by Gasteiger charge is -2.17. The van der Waals surface area contributed by atoms with E-state index in [9.17, 15) is 19.5 Å². The van der Waals surface area contributed by atoms with E-state index in [0.29, 0.717) is 5.56 Å². The number of hydrogen-bond donors (Lipinski definition) is 4. The predicted octanol–water partition coefficient (Wildman–Crippen LogP) is 0.0966. The molecular weight excluding hydrogens is 302 g/mol. The van der Waals surface area contributed by atoms with Crippen molar-refractivity contribution in [2.45, 2.75) is 18.8 Å². The first-order chi connectivity index (χ1) is 10.9. The van der Waals surface area contributed by atoms with Crippen LogP contribution in [-0.4, -0.2) is 41.1 Å². The number of carbonyl (C=O) groups is 3. The third kappa shape index (κ3) is 6.48. The Hall–Kier alpha value is -3.08. The van der Waals surface area contributed by atoms with Crippen LogP contribution in [0.5, 0.6) is 5.75 Å². The van der Waals surface area contributed by atoms with Crippen molar-refractivity contribution in [2.24, 2.45) is 0 Å². The van der Waals surface area contributed by atoms with Crippen LogP contribution in [0.4, 0.5) is 0 Å². The molecule has 0 aliphatic heterocycles. The van der Waals surface area contributed by atoms with E-state index in [-0.39, 0.29) is 31.7 Å². The molecule has 122 valence electrons. The molecule has 0 heterocycles. The van der Waals surface area contributed by atoms with E-state index in [2.05, 4.69) is 10.6 Å². The second-order valence-corrected chi connectivity index (χ2v) is 4.72. The van der Waals surface area contributed by atoms with Crippen LogP contribution in [0.2, 0.25) is 0 Å². The maximum Gasteiger partial charge on any atom is 0.303 e. The zero-order valence-electron chi connectivity index (χ0n) is 12.3. The Labute approximate surface area is 132 Å². The van der Waals surface area contributed by atoms with Crippen LogP contribution >= 0.6 is 0 Å². The Kier molecular flexibility index (Phi) is 7.07. The van der Waals surface area contributed by atoms with Crippen LogP contribution in [-0.2, 0) is 14.4 Å². The highest BCUT2D eigenvalue weighted by Crippen LogP contribution is 2.18. The molecule has 8 heteroatoms. The van der Waals surface area contributed by atoms with Crippen molar-refractivity contribution in [1.82, 2.24) is 10.6 Å². The van der Waals surface area contributed by atoms with Gasteiger partial charge in [-0.3, -0.25) is 14.4 Å². The van der Waals surface area contributed by atoms with Crippen molar-refractivity contribution in [3.63, 3.8) is 0 Å². The summed E-state index contributed by atoms with van der Waals surface area (Å²) in [6.07, 6.45) is -0.478. The van der Waals surface area contributed by atoms with Crippen LogP contribution in [0, 0.1) is 11.3 Å². The van der Waals surface area contributed by atoms with Crippen molar-refractivity contribution >= 4 is 17.8 Å². The molecule has 1 aromatic carbocycles. The zero-order valence-corrected chi connectivity index (χ0v) is 12.3. The van der Waals surface area contributed by atoms with Crippen LogP contribution in [0.25, 0.3) is 0 Å². The number of aromatic hydroxyl groups is 1. The monoisotopic (exact) mass is 319 g/mol. The average Bonchev–Trinajstić information content (AvgIpc) is 2.52. The molecule has 2 amide bonds. The summed E-state index contributed by atoms with van der Waals surface area (Å²) in [4.78, 5) is 34.1. The fourth-order valence-electron chi connectivity index (χ4n) is 1.84. The molecule has 0 saturated heterocycles. The second-order valence-electron chi connectivity index (χ2n) is 4.72. The largest absolute Gasteiger partial charge is 0.508 e. The molecule has 0 saturated carbocycles. The molecule has 1 aromatic rings. The highest BCUT2D eigenvalue weighted by atomic mass is 16.4. The number of carboxylic acid groups (broad SMARTS) is 1. The van der Waals surface area contributed by atoms with Gasteiger partial charge in [-0.15, -0.1) is 0 Å². The maximum atomic E-state index is 12.1. The summed E-state index contributed by atoms with van der Waals surface area (Å²) < 4.78 is 0. The standard InChI is InChI=1S/C15H17N3O5/c16-7-8-17-15(23)12(10-1-3-11(19)4-2-10)9-18-13(20)5-6-14(21)22/h1-4,12,19H,5-6,8-9H2,(H,17,23)(H,18,20)(H,21,22). The first-order valence-electron chi connectivity index (χ1n) is 6.86. The third-order valence-electron chi connectivity index (χ3n) is 3.02. The fraction of sp³-hybridized carbons (Fsp3) is 0.333. The molecule has 0 radical (unpaired) electrons. The molecule has 1 rings (SSSR count). The molecule has 0 spiro atoms. The van der Waals surface area contributed by atoms with Gasteiger partial charge < -0.3 is 20.8 Å². The fourth-order valence-corrected chi connectivity index (χ4v) is 1.84. The summed E-state index contributed by atoms with van der Waals surface area (Å²) in [6.45, 7) is -0.207. The molecule has 0 bridgehead atoms. The van der Waals surface area contributed by atoms with Gasteiger partial charge in [-0.2, -0.15) is 5.26 Å². The minimum Gasteiger partial charge on any atom is -0.508 e. The Bertz CT molecular complexity index is 607. The summed E-state index contributed by atoms with van der Waals surface area (Å²) in [5.41, 5.74) is 0.553. The van der Waals surface area contributed by atoms with Crippen LogP contribution in [0.3, 0.4) is 0 Å². The maximum absolute atomic E-state index is 12.1. The Morgan fingerprint density at radius 1 is 1.13 bits per heavy atom. The first-order valence-corrected chi connectivity index (χ1v) is 6.86. The molecule has 4 N–H and O–H groups in total. The van der Waals surface area contributed by atoms with E-state index in [1.54, 1.807) is 6.07 Å². The Morgan fingerprint density at radius 3 is 2.35 bits per heavy atom. The molecule has 0 aromatic heterocycles. The third-order valence-corrected chi connectivity index (χ3v) is 3.02. The number of hydrogen-bond acceptors (Lipinski definition) is 5. The SMILES string of the molecule is N#CCNC(=O)C(CNC(=O)CCC(=O)O)c1ccc(O)cc1. The van der Waals surface area contributed by atoms with E-state index >= 15 is 0 Å². The summed E-state index contributed by atoms with van der Waals surface area (Å²) in [5.74, 6) is -2.73. The van der Waals surface area contributed by atoms with Gasteiger partial charge in [0.15, 0.2) is 0 Å². The van der Waals surface area contributed by atoms with Crippen LogP contribution < -0.4 is 10.6 Å². The molecule has 0 aliphatic rings. The number of nitrogens with one attached hydrogen (secondary N) is 2. The van der Waals surface area contributed by atoms with Gasteiger partial charge in [0.25, 0.3) is 0 Å². The topological polar surface area (TPSA) is 140 Å². The first kappa shape index (κ1) is 18.0. The van der Waals surface area contributed by atoms with E-state index in [1.165, 1.54) is 24.3 Å². The zero-order chi connectivity index (χ0) is 17.2. The van der Waals surface area contributed by atoms with Gasteiger partial charge in [-0.25, -0.2) is 0 Å². The molecule has 0 fully saturated rings. The van der Waals surface area contributed by atoms with Gasteiger partial charge in [0, 0.05) is 13.0 Å². The second kappa shape index (κ2) is 9.04. The van der Waals surface area contributed by atoms with Crippen LogP contribution in [0.1, 0.15) is 24.3 Å². The van der Waals surface area contributed by atoms with Gasteiger partial charge in [-0.05, 0) is 17.7 Å². The summed E-state index contributed by atoms with van der Waals surface area (Å²) >= 11 is 0. The summed E-state index contributed by atoms with van der Waals surface area (Å²) in [7, 11) is 0. The molecule has 1 atom stereocenters. The predicted molar refractivity (Wildman–Crippen MR) is 79.4 cm³/mol. The van der Waals surface area contributed by atoms with E-state index < -0.39 is 23.7 Å². The molecule has 1 unspecified atom stereocenters. The van der Waals surface area contributed by atoms with E-state index in [1.807, 2.05) is 0 Å².